The van der Waals surface area contributed by atoms with Crippen molar-refractivity contribution in [2.24, 2.45) is 0 Å². The van der Waals surface area contributed by atoms with Crippen LogP contribution < -0.4 is 10.4 Å². The minimum atomic E-state index is -0.350. The van der Waals surface area contributed by atoms with Gasteiger partial charge in [0.1, 0.15) is 17.3 Å². The number of benzene rings is 3. The minimum Gasteiger partial charge on any atom is -0.497 e. The summed E-state index contributed by atoms with van der Waals surface area (Å²) >= 11 is 9.55. The summed E-state index contributed by atoms with van der Waals surface area (Å²) in [7, 11) is 1.55. The van der Waals surface area contributed by atoms with Gasteiger partial charge in [0.25, 0.3) is 5.91 Å². The molecule has 3 aromatic carbocycles. The van der Waals surface area contributed by atoms with Gasteiger partial charge in [0, 0.05) is 29.5 Å². The van der Waals surface area contributed by atoms with Crippen LogP contribution in [0.25, 0.3) is 5.69 Å². The van der Waals surface area contributed by atoms with E-state index < -0.39 is 0 Å². The fourth-order valence-electron chi connectivity index (χ4n) is 4.73. The Balaban J connectivity index is 1.53. The summed E-state index contributed by atoms with van der Waals surface area (Å²) in [6, 6.07) is 17.8. The Morgan fingerprint density at radius 3 is 2.41 bits per heavy atom. The summed E-state index contributed by atoms with van der Waals surface area (Å²) in [4.78, 5) is 42.3. The summed E-state index contributed by atoms with van der Waals surface area (Å²) in [5.74, 6) is -0.228. The molecule has 1 amide bonds. The van der Waals surface area contributed by atoms with E-state index in [1.165, 1.54) is 16.7 Å². The van der Waals surface area contributed by atoms with Gasteiger partial charge in [-0.3, -0.25) is 18.7 Å². The van der Waals surface area contributed by atoms with E-state index in [9.17, 15) is 18.8 Å². The second kappa shape index (κ2) is 11.2. The number of Topliss-reactive ketones (excluding diaryl/α,β-unsaturated/α-hetero) is 1. The number of imidazole rings is 1. The molecule has 0 saturated carbocycles. The van der Waals surface area contributed by atoms with Gasteiger partial charge in [0.15, 0.2) is 5.78 Å². The van der Waals surface area contributed by atoms with Crippen LogP contribution in [0.3, 0.4) is 0 Å². The first-order chi connectivity index (χ1) is 18.8. The molecule has 2 heterocycles. The molecule has 0 fully saturated rings. The van der Waals surface area contributed by atoms with Crippen LogP contribution in [0, 0.1) is 5.82 Å². The van der Waals surface area contributed by atoms with Crippen molar-refractivity contribution in [1.29, 1.82) is 0 Å². The minimum absolute atomic E-state index is 0.0858. The summed E-state index contributed by atoms with van der Waals surface area (Å²) in [5.41, 5.74) is 2.10. The summed E-state index contributed by atoms with van der Waals surface area (Å²) < 4.78 is 22.2. The number of nitrogens with zero attached hydrogens (tertiary/aromatic N) is 3. The molecule has 0 atom stereocenters. The molecule has 200 valence electrons. The van der Waals surface area contributed by atoms with Crippen LogP contribution in [0.2, 0.25) is 5.02 Å². The molecule has 4 aromatic rings. The zero-order valence-corrected chi connectivity index (χ0v) is 23.3. The molecule has 1 aliphatic heterocycles. The Morgan fingerprint density at radius 2 is 1.74 bits per heavy atom. The van der Waals surface area contributed by atoms with Gasteiger partial charge in [-0.15, -0.1) is 0 Å². The third-order valence-electron chi connectivity index (χ3n) is 6.78. The largest absolute Gasteiger partial charge is 0.497 e. The topological polar surface area (TPSA) is 73.5 Å². The van der Waals surface area contributed by atoms with Crippen LogP contribution in [-0.2, 0) is 19.5 Å². The zero-order valence-electron chi connectivity index (χ0n) is 21.0. The van der Waals surface area contributed by atoms with E-state index in [0.717, 1.165) is 5.56 Å². The predicted octanol–water partition coefficient (Wildman–Crippen LogP) is 5.67. The third-order valence-corrected chi connectivity index (χ3v) is 8.01. The van der Waals surface area contributed by atoms with E-state index in [4.69, 9.17) is 16.3 Å². The molecule has 0 radical (unpaired) electrons. The van der Waals surface area contributed by atoms with Gasteiger partial charge in [0.05, 0.1) is 30.1 Å². The number of carbonyl (C=O) groups excluding carboxylic acids is 2. The number of hydrogen-bond donors (Lipinski definition) is 0. The van der Waals surface area contributed by atoms with E-state index in [1.54, 1.807) is 71.2 Å². The fraction of sp³-hybridized carbons (Fsp3) is 0.207. The number of aryl methyl sites for hydroxylation is 1. The molecule has 10 heteroatoms. The van der Waals surface area contributed by atoms with Gasteiger partial charge in [-0.1, -0.05) is 23.7 Å². The molecule has 5 rings (SSSR count). The number of hydrogen-bond acceptors (Lipinski definition) is 4. The van der Waals surface area contributed by atoms with Gasteiger partial charge in [-0.25, -0.2) is 9.18 Å². The van der Waals surface area contributed by atoms with Gasteiger partial charge in [-0.2, -0.15) is 0 Å². The standard InChI is InChI=1S/C29H24BrClFN3O4/c1-39-22-10-8-21(9-11-22)35-27(26(36)13-4-18-2-6-20(32)7-3-18)25-17-33(14-15-34(25)29(35)38)28(37)19-5-12-23(30)24(31)16-19/h2-3,5-12,16H,4,13-15,17H2,1H3. The second-order valence-corrected chi connectivity index (χ2v) is 10.4. The van der Waals surface area contributed by atoms with E-state index >= 15 is 0 Å². The van der Waals surface area contributed by atoms with E-state index in [1.807, 2.05) is 0 Å². The molecule has 39 heavy (non-hydrogen) atoms. The highest BCUT2D eigenvalue weighted by Crippen LogP contribution is 2.27. The SMILES string of the molecule is COc1ccc(-n2c(C(=O)CCc3ccc(F)cc3)c3n(c2=O)CCN(C(=O)c2ccc(Br)c(Cl)c2)C3)cc1. The average Bonchev–Trinajstić information content (AvgIpc) is 3.25. The monoisotopic (exact) mass is 611 g/mol. The first-order valence-electron chi connectivity index (χ1n) is 12.3. The zero-order chi connectivity index (χ0) is 27.7. The maximum Gasteiger partial charge on any atom is 0.333 e. The Hall–Kier alpha value is -3.69. The molecule has 0 unspecified atom stereocenters. The van der Waals surface area contributed by atoms with E-state index in [0.29, 0.717) is 45.2 Å². The molecule has 0 N–H and O–H groups in total. The van der Waals surface area contributed by atoms with E-state index in [-0.39, 0.29) is 48.4 Å². The Bertz CT molecular complexity index is 1610. The van der Waals surface area contributed by atoms with Crippen LogP contribution in [0.1, 0.15) is 38.5 Å². The smallest absolute Gasteiger partial charge is 0.333 e. The lowest BCUT2D eigenvalue weighted by Crippen LogP contribution is -2.41. The molecular weight excluding hydrogens is 589 g/mol. The summed E-state index contributed by atoms with van der Waals surface area (Å²) in [6.45, 7) is 0.628. The van der Waals surface area contributed by atoms with Crippen LogP contribution in [0.5, 0.6) is 5.75 Å². The highest BCUT2D eigenvalue weighted by Gasteiger charge is 2.32. The van der Waals surface area contributed by atoms with Crippen LogP contribution in [-0.4, -0.2) is 39.4 Å². The lowest BCUT2D eigenvalue weighted by Gasteiger charge is -2.28. The van der Waals surface area contributed by atoms with Crippen molar-refractivity contribution >= 4 is 39.2 Å². The number of ketones is 1. The lowest BCUT2D eigenvalue weighted by atomic mass is 10.0. The second-order valence-electron chi connectivity index (χ2n) is 9.17. The number of fused-ring (bicyclic) bond motifs is 1. The third kappa shape index (κ3) is 5.42. The quantitative estimate of drug-likeness (QED) is 0.252. The predicted molar refractivity (Wildman–Crippen MR) is 150 cm³/mol. The van der Waals surface area contributed by atoms with Gasteiger partial charge in [-0.05, 0) is 82.5 Å². The molecule has 1 aliphatic rings. The van der Waals surface area contributed by atoms with Crippen LogP contribution in [0.4, 0.5) is 4.39 Å². The van der Waals surface area contributed by atoms with Crippen molar-refractivity contribution < 1.29 is 18.7 Å². The van der Waals surface area contributed by atoms with Crippen molar-refractivity contribution in [2.75, 3.05) is 13.7 Å². The first-order valence-corrected chi connectivity index (χ1v) is 13.4. The Labute approximate surface area is 237 Å². The number of ether oxygens (including phenoxy) is 1. The highest BCUT2D eigenvalue weighted by atomic mass is 79.9. The molecule has 0 aliphatic carbocycles. The fourth-order valence-corrected chi connectivity index (χ4v) is 5.16. The number of methoxy groups -OCH3 is 1. The van der Waals surface area contributed by atoms with Crippen LogP contribution >= 0.6 is 27.5 Å². The van der Waals surface area contributed by atoms with Crippen molar-refractivity contribution in [3.05, 3.63) is 115 Å². The normalized spacial score (nSPS) is 12.8. The summed E-state index contributed by atoms with van der Waals surface area (Å²) in [6.07, 6.45) is 0.481. The molecule has 0 spiro atoms. The van der Waals surface area contributed by atoms with Crippen molar-refractivity contribution in [3.63, 3.8) is 0 Å². The van der Waals surface area contributed by atoms with Crippen LogP contribution in [0.15, 0.2) is 76.0 Å². The first kappa shape index (κ1) is 26.9. The van der Waals surface area contributed by atoms with Gasteiger partial charge in [0.2, 0.25) is 0 Å². The van der Waals surface area contributed by atoms with Gasteiger partial charge < -0.3 is 9.64 Å². The van der Waals surface area contributed by atoms with Gasteiger partial charge >= 0.3 is 5.69 Å². The Morgan fingerprint density at radius 1 is 1.03 bits per heavy atom. The Kier molecular flexibility index (Phi) is 7.72. The number of aromatic nitrogens is 2. The van der Waals surface area contributed by atoms with Crippen molar-refractivity contribution in [2.45, 2.75) is 25.9 Å². The molecule has 7 nitrogen and oxygen atoms in total. The number of halogens is 3. The highest BCUT2D eigenvalue weighted by molar-refractivity contribution is 9.10. The number of amides is 1. The number of carbonyl (C=O) groups is 2. The van der Waals surface area contributed by atoms with Crippen molar-refractivity contribution in [3.8, 4) is 11.4 Å². The van der Waals surface area contributed by atoms with Crippen molar-refractivity contribution in [1.82, 2.24) is 14.0 Å². The molecule has 1 aromatic heterocycles. The molecular formula is C29H24BrClFN3O4. The van der Waals surface area contributed by atoms with E-state index in [2.05, 4.69) is 15.9 Å². The molecule has 0 bridgehead atoms. The molecule has 0 saturated heterocycles. The number of rotatable bonds is 7. The lowest BCUT2D eigenvalue weighted by molar-refractivity contribution is 0.0707. The average molecular weight is 613 g/mol. The maximum absolute atomic E-state index is 13.7. The maximum atomic E-state index is 13.7. The summed E-state index contributed by atoms with van der Waals surface area (Å²) in [5, 5.41) is 0.414.